The van der Waals surface area contributed by atoms with E-state index in [2.05, 4.69) is 15.0 Å². The molecule has 2 aromatic rings. The first-order valence-corrected chi connectivity index (χ1v) is 6.85. The highest BCUT2D eigenvalue weighted by Crippen LogP contribution is 2.27. The van der Waals surface area contributed by atoms with Crippen LogP contribution in [0, 0.1) is 0 Å². The molecule has 0 aliphatic heterocycles. The molecule has 0 aliphatic carbocycles. The van der Waals surface area contributed by atoms with Gasteiger partial charge in [-0.3, -0.25) is 9.48 Å². The van der Waals surface area contributed by atoms with E-state index in [-0.39, 0.29) is 5.97 Å². The Morgan fingerprint density at radius 1 is 1.24 bits per heavy atom. The molecule has 0 bridgehead atoms. The molecule has 0 N–H and O–H groups in total. The Morgan fingerprint density at radius 3 is 2.81 bits per heavy atom. The van der Waals surface area contributed by atoms with Crippen LogP contribution >= 0.6 is 0 Å². The van der Waals surface area contributed by atoms with E-state index in [0.29, 0.717) is 6.42 Å². The zero-order valence-corrected chi connectivity index (χ0v) is 12.3. The molecular weight excluding hydrogens is 270 g/mol. The molecule has 0 radical (unpaired) electrons. The van der Waals surface area contributed by atoms with Gasteiger partial charge in [-0.25, -0.2) is 0 Å². The van der Waals surface area contributed by atoms with E-state index in [1.54, 1.807) is 11.8 Å². The van der Waals surface area contributed by atoms with Crippen molar-refractivity contribution in [1.29, 1.82) is 0 Å². The van der Waals surface area contributed by atoms with E-state index in [4.69, 9.17) is 4.74 Å². The number of benzene rings is 1. The summed E-state index contributed by atoms with van der Waals surface area (Å²) in [5.74, 6) is 0.596. The number of carbonyl (C=O) groups is 1. The van der Waals surface area contributed by atoms with Crippen LogP contribution in [0.5, 0.6) is 5.75 Å². The van der Waals surface area contributed by atoms with Crippen molar-refractivity contribution in [1.82, 2.24) is 15.0 Å². The Kier molecular flexibility index (Phi) is 5.31. The van der Waals surface area contributed by atoms with Crippen molar-refractivity contribution in [3.63, 3.8) is 0 Å². The highest BCUT2D eigenvalue weighted by Gasteiger charge is 2.09. The predicted molar refractivity (Wildman–Crippen MR) is 77.9 cm³/mol. The second-order valence-corrected chi connectivity index (χ2v) is 4.60. The van der Waals surface area contributed by atoms with Gasteiger partial charge in [-0.15, -0.1) is 5.10 Å². The summed E-state index contributed by atoms with van der Waals surface area (Å²) in [5.41, 5.74) is 1.70. The first kappa shape index (κ1) is 15.0. The minimum Gasteiger partial charge on any atom is -0.496 e. The number of aryl methyl sites for hydroxylation is 1. The average Bonchev–Trinajstić information content (AvgIpc) is 3.00. The van der Waals surface area contributed by atoms with Gasteiger partial charge in [0.15, 0.2) is 0 Å². The highest BCUT2D eigenvalue weighted by atomic mass is 16.5. The van der Waals surface area contributed by atoms with Gasteiger partial charge in [0.05, 0.1) is 20.4 Å². The fraction of sp³-hybridized carbons (Fsp3) is 0.400. The molecule has 21 heavy (non-hydrogen) atoms. The van der Waals surface area contributed by atoms with Crippen molar-refractivity contribution in [2.75, 3.05) is 14.2 Å². The summed E-state index contributed by atoms with van der Waals surface area (Å²) in [4.78, 5) is 11.0. The number of rotatable bonds is 7. The van der Waals surface area contributed by atoms with Crippen molar-refractivity contribution in [3.8, 4) is 17.0 Å². The molecule has 112 valence electrons. The van der Waals surface area contributed by atoms with Gasteiger partial charge in [-0.2, -0.15) is 0 Å². The number of unbranched alkanes of at least 4 members (excludes halogenated alkanes) is 1. The van der Waals surface area contributed by atoms with Crippen LogP contribution in [-0.2, 0) is 16.1 Å². The first-order chi connectivity index (χ1) is 10.2. The lowest BCUT2D eigenvalue weighted by Crippen LogP contribution is -2.02. The molecule has 6 heteroatoms. The van der Waals surface area contributed by atoms with Crippen LogP contribution in [0.2, 0.25) is 0 Å². The molecule has 0 aliphatic rings. The normalized spacial score (nSPS) is 10.4. The maximum absolute atomic E-state index is 11.0. The van der Waals surface area contributed by atoms with E-state index < -0.39 is 0 Å². The number of esters is 1. The van der Waals surface area contributed by atoms with Crippen LogP contribution in [0.1, 0.15) is 19.3 Å². The molecule has 2 rings (SSSR count). The highest BCUT2D eigenvalue weighted by molar-refractivity contribution is 5.69. The number of methoxy groups -OCH3 is 2. The van der Waals surface area contributed by atoms with Gasteiger partial charge in [-0.1, -0.05) is 17.3 Å². The van der Waals surface area contributed by atoms with Crippen LogP contribution in [0.15, 0.2) is 30.5 Å². The summed E-state index contributed by atoms with van der Waals surface area (Å²) >= 11 is 0. The monoisotopic (exact) mass is 289 g/mol. The maximum atomic E-state index is 11.0. The summed E-state index contributed by atoms with van der Waals surface area (Å²) in [5, 5.41) is 8.27. The van der Waals surface area contributed by atoms with Crippen molar-refractivity contribution in [2.45, 2.75) is 25.8 Å². The Labute approximate surface area is 123 Å². The van der Waals surface area contributed by atoms with E-state index in [9.17, 15) is 4.79 Å². The third-order valence-corrected chi connectivity index (χ3v) is 3.17. The van der Waals surface area contributed by atoms with Crippen molar-refractivity contribution >= 4 is 5.97 Å². The number of carbonyl (C=O) groups excluding carboxylic acids is 1. The van der Waals surface area contributed by atoms with Crippen LogP contribution in [0.25, 0.3) is 11.3 Å². The van der Waals surface area contributed by atoms with Crippen LogP contribution in [0.3, 0.4) is 0 Å². The third kappa shape index (κ3) is 4.05. The maximum Gasteiger partial charge on any atom is 0.305 e. The van der Waals surface area contributed by atoms with Gasteiger partial charge in [0.1, 0.15) is 11.4 Å². The second-order valence-electron chi connectivity index (χ2n) is 4.60. The fourth-order valence-electron chi connectivity index (χ4n) is 2.03. The Balaban J connectivity index is 1.94. The molecule has 6 nitrogen and oxygen atoms in total. The smallest absolute Gasteiger partial charge is 0.305 e. The Hall–Kier alpha value is -2.37. The lowest BCUT2D eigenvalue weighted by molar-refractivity contribution is -0.140. The van der Waals surface area contributed by atoms with E-state index >= 15 is 0 Å². The zero-order chi connectivity index (χ0) is 15.1. The standard InChI is InChI=1S/C15H19N3O3/c1-20-14-8-4-3-7-12(14)13-11-18(17-16-13)10-6-5-9-15(19)21-2/h3-4,7-8,11H,5-6,9-10H2,1-2H3. The quantitative estimate of drug-likeness (QED) is 0.578. The average molecular weight is 289 g/mol. The molecule has 0 fully saturated rings. The first-order valence-electron chi connectivity index (χ1n) is 6.85. The molecule has 0 unspecified atom stereocenters. The number of ether oxygens (including phenoxy) is 2. The molecule has 0 amide bonds. The Bertz CT molecular complexity index is 595. The van der Waals surface area contributed by atoms with Gasteiger partial charge in [0.2, 0.25) is 0 Å². The molecule has 1 heterocycles. The van der Waals surface area contributed by atoms with Gasteiger partial charge in [-0.05, 0) is 25.0 Å². The van der Waals surface area contributed by atoms with Crippen molar-refractivity contribution < 1.29 is 14.3 Å². The van der Waals surface area contributed by atoms with E-state index in [1.807, 2.05) is 30.5 Å². The third-order valence-electron chi connectivity index (χ3n) is 3.17. The number of aromatic nitrogens is 3. The molecule has 0 atom stereocenters. The van der Waals surface area contributed by atoms with Crippen LogP contribution < -0.4 is 4.74 Å². The molecule has 0 saturated heterocycles. The lowest BCUT2D eigenvalue weighted by atomic mass is 10.1. The minimum atomic E-state index is -0.177. The Morgan fingerprint density at radius 2 is 2.05 bits per heavy atom. The van der Waals surface area contributed by atoms with Crippen LogP contribution in [-0.4, -0.2) is 35.2 Å². The predicted octanol–water partition coefficient (Wildman–Crippen LogP) is 2.30. The molecule has 1 aromatic heterocycles. The van der Waals surface area contributed by atoms with Crippen LogP contribution in [0.4, 0.5) is 0 Å². The summed E-state index contributed by atoms with van der Waals surface area (Å²) in [6.07, 6.45) is 3.95. The van der Waals surface area contributed by atoms with E-state index in [0.717, 1.165) is 36.4 Å². The van der Waals surface area contributed by atoms with Crippen molar-refractivity contribution in [2.24, 2.45) is 0 Å². The number of hydrogen-bond donors (Lipinski definition) is 0. The molecule has 1 aromatic carbocycles. The lowest BCUT2D eigenvalue weighted by Gasteiger charge is -2.04. The van der Waals surface area contributed by atoms with E-state index in [1.165, 1.54) is 7.11 Å². The van der Waals surface area contributed by atoms with Crippen molar-refractivity contribution in [3.05, 3.63) is 30.5 Å². The van der Waals surface area contributed by atoms with Gasteiger partial charge >= 0.3 is 5.97 Å². The zero-order valence-electron chi connectivity index (χ0n) is 12.3. The molecule has 0 spiro atoms. The fourth-order valence-corrected chi connectivity index (χ4v) is 2.03. The number of nitrogens with zero attached hydrogens (tertiary/aromatic N) is 3. The number of hydrogen-bond acceptors (Lipinski definition) is 5. The summed E-state index contributed by atoms with van der Waals surface area (Å²) in [7, 11) is 3.04. The largest absolute Gasteiger partial charge is 0.496 e. The van der Waals surface area contributed by atoms with Gasteiger partial charge in [0, 0.05) is 18.5 Å². The molecular formula is C15H19N3O3. The summed E-state index contributed by atoms with van der Waals surface area (Å²) in [6, 6.07) is 7.70. The van der Waals surface area contributed by atoms with Gasteiger partial charge in [0.25, 0.3) is 0 Å². The summed E-state index contributed by atoms with van der Waals surface area (Å²) in [6.45, 7) is 0.721. The number of para-hydroxylation sites is 1. The summed E-state index contributed by atoms with van der Waals surface area (Å²) < 4.78 is 11.7. The molecule has 0 saturated carbocycles. The minimum absolute atomic E-state index is 0.177. The topological polar surface area (TPSA) is 66.2 Å². The SMILES string of the molecule is COC(=O)CCCCn1cc(-c2ccccc2OC)nn1. The van der Waals surface area contributed by atoms with Gasteiger partial charge < -0.3 is 9.47 Å². The second kappa shape index (κ2) is 7.42.